The quantitative estimate of drug-likeness (QED) is 0.620. The Labute approximate surface area is 168 Å². The van der Waals surface area contributed by atoms with Crippen molar-refractivity contribution in [2.24, 2.45) is 0 Å². The highest BCUT2D eigenvalue weighted by atomic mass is 16.5. The molecule has 1 amide bonds. The SMILES string of the molecule is COc1cc(C2CC(=O)Nc3ncnn32)ccc1OCCOc1ccccc1C. The summed E-state index contributed by atoms with van der Waals surface area (Å²) < 4.78 is 18.8. The van der Waals surface area contributed by atoms with Gasteiger partial charge in [-0.1, -0.05) is 24.3 Å². The number of hydrogen-bond acceptors (Lipinski definition) is 6. The fourth-order valence-corrected chi connectivity index (χ4v) is 3.30. The molecule has 0 saturated carbocycles. The van der Waals surface area contributed by atoms with E-state index in [-0.39, 0.29) is 18.4 Å². The van der Waals surface area contributed by atoms with Gasteiger partial charge < -0.3 is 14.2 Å². The number of benzene rings is 2. The molecule has 1 N–H and O–H groups in total. The van der Waals surface area contributed by atoms with Gasteiger partial charge in [0.2, 0.25) is 11.9 Å². The van der Waals surface area contributed by atoms with Crippen molar-refractivity contribution in [2.75, 3.05) is 25.6 Å². The molecule has 0 aliphatic carbocycles. The van der Waals surface area contributed by atoms with Gasteiger partial charge in [0.1, 0.15) is 25.3 Å². The molecule has 4 rings (SSSR count). The van der Waals surface area contributed by atoms with E-state index in [9.17, 15) is 4.79 Å². The molecule has 1 aliphatic heterocycles. The molecule has 1 atom stereocenters. The number of hydrogen-bond donors (Lipinski definition) is 1. The summed E-state index contributed by atoms with van der Waals surface area (Å²) in [5, 5.41) is 6.94. The summed E-state index contributed by atoms with van der Waals surface area (Å²) in [5.74, 6) is 2.40. The molecule has 0 spiro atoms. The number of anilines is 1. The van der Waals surface area contributed by atoms with Crippen molar-refractivity contribution in [3.63, 3.8) is 0 Å². The lowest BCUT2D eigenvalue weighted by Gasteiger charge is -2.24. The summed E-state index contributed by atoms with van der Waals surface area (Å²) in [6.45, 7) is 2.80. The smallest absolute Gasteiger partial charge is 0.229 e. The van der Waals surface area contributed by atoms with Crippen molar-refractivity contribution in [2.45, 2.75) is 19.4 Å². The zero-order valence-electron chi connectivity index (χ0n) is 16.3. The number of nitrogens with one attached hydrogen (secondary N) is 1. The van der Waals surface area contributed by atoms with Gasteiger partial charge in [0, 0.05) is 0 Å². The fraction of sp³-hybridized carbons (Fsp3) is 0.286. The normalized spacial score (nSPS) is 15.4. The number of methoxy groups -OCH3 is 1. The van der Waals surface area contributed by atoms with Crippen LogP contribution in [0.3, 0.4) is 0 Å². The van der Waals surface area contributed by atoms with Gasteiger partial charge in [0.25, 0.3) is 0 Å². The molecule has 150 valence electrons. The van der Waals surface area contributed by atoms with E-state index in [4.69, 9.17) is 14.2 Å². The van der Waals surface area contributed by atoms with Crippen LogP contribution >= 0.6 is 0 Å². The number of carbonyl (C=O) groups is 1. The number of amides is 1. The molecule has 3 aromatic rings. The second-order valence-corrected chi connectivity index (χ2v) is 6.67. The summed E-state index contributed by atoms with van der Waals surface area (Å²) in [6, 6.07) is 13.2. The first-order valence-electron chi connectivity index (χ1n) is 9.34. The maximum Gasteiger partial charge on any atom is 0.229 e. The monoisotopic (exact) mass is 394 g/mol. The number of ether oxygens (including phenoxy) is 3. The van der Waals surface area contributed by atoms with Gasteiger partial charge in [-0.2, -0.15) is 10.1 Å². The summed E-state index contributed by atoms with van der Waals surface area (Å²) in [7, 11) is 1.59. The molecular weight excluding hydrogens is 372 g/mol. The zero-order chi connectivity index (χ0) is 20.2. The van der Waals surface area contributed by atoms with Gasteiger partial charge in [0.15, 0.2) is 11.5 Å². The molecule has 2 aromatic carbocycles. The molecular formula is C21H22N4O4. The maximum absolute atomic E-state index is 12.0. The molecule has 1 unspecified atom stereocenters. The van der Waals surface area contributed by atoms with Crippen molar-refractivity contribution in [3.05, 3.63) is 59.9 Å². The first-order chi connectivity index (χ1) is 14.2. The Morgan fingerprint density at radius 2 is 1.90 bits per heavy atom. The van der Waals surface area contributed by atoms with Crippen LogP contribution in [0.4, 0.5) is 5.95 Å². The van der Waals surface area contributed by atoms with E-state index in [1.807, 2.05) is 49.4 Å². The molecule has 0 bridgehead atoms. The third-order valence-corrected chi connectivity index (χ3v) is 4.76. The third kappa shape index (κ3) is 4.01. The molecule has 29 heavy (non-hydrogen) atoms. The van der Waals surface area contributed by atoms with Gasteiger partial charge in [-0.3, -0.25) is 10.1 Å². The predicted molar refractivity (Wildman–Crippen MR) is 107 cm³/mol. The molecule has 2 heterocycles. The minimum absolute atomic E-state index is 0.0943. The van der Waals surface area contributed by atoms with E-state index in [1.165, 1.54) is 6.33 Å². The second kappa shape index (κ2) is 8.22. The third-order valence-electron chi connectivity index (χ3n) is 4.76. The number of nitrogens with zero attached hydrogens (tertiary/aromatic N) is 3. The summed E-state index contributed by atoms with van der Waals surface area (Å²) >= 11 is 0. The molecule has 8 heteroatoms. The number of para-hydroxylation sites is 1. The van der Waals surface area contributed by atoms with Crippen LogP contribution in [0.2, 0.25) is 0 Å². The predicted octanol–water partition coefficient (Wildman–Crippen LogP) is 2.98. The minimum atomic E-state index is -0.242. The van der Waals surface area contributed by atoms with E-state index in [0.717, 1.165) is 16.9 Å². The van der Waals surface area contributed by atoms with Gasteiger partial charge in [0.05, 0.1) is 19.6 Å². The molecule has 0 fully saturated rings. The van der Waals surface area contributed by atoms with Gasteiger partial charge in [-0.15, -0.1) is 0 Å². The van der Waals surface area contributed by atoms with E-state index in [2.05, 4.69) is 15.4 Å². The maximum atomic E-state index is 12.0. The standard InChI is InChI=1S/C21H22N4O4/c1-14-5-3-4-6-17(14)28-9-10-29-18-8-7-15(11-19(18)27-2)16-12-20(26)24-21-22-13-23-25(16)21/h3-8,11,13,16H,9-10,12H2,1-2H3,(H,22,23,24,26). The Bertz CT molecular complexity index is 1020. The van der Waals surface area contributed by atoms with Crippen LogP contribution in [0.15, 0.2) is 48.8 Å². The number of fused-ring (bicyclic) bond motifs is 1. The van der Waals surface area contributed by atoms with Crippen molar-refractivity contribution < 1.29 is 19.0 Å². The Morgan fingerprint density at radius 3 is 2.69 bits per heavy atom. The van der Waals surface area contributed by atoms with E-state index in [0.29, 0.717) is 30.7 Å². The topological polar surface area (TPSA) is 87.5 Å². The fourth-order valence-electron chi connectivity index (χ4n) is 3.30. The Balaban J connectivity index is 1.44. The van der Waals surface area contributed by atoms with E-state index >= 15 is 0 Å². The molecule has 1 aromatic heterocycles. The Kier molecular flexibility index (Phi) is 5.33. The average Bonchev–Trinajstić information content (AvgIpc) is 3.20. The van der Waals surface area contributed by atoms with Gasteiger partial charge >= 0.3 is 0 Å². The van der Waals surface area contributed by atoms with Crippen LogP contribution in [0.5, 0.6) is 17.2 Å². The van der Waals surface area contributed by atoms with Crippen LogP contribution in [-0.2, 0) is 4.79 Å². The van der Waals surface area contributed by atoms with Crippen LogP contribution in [0.1, 0.15) is 23.6 Å². The lowest BCUT2D eigenvalue weighted by Crippen LogP contribution is -2.29. The van der Waals surface area contributed by atoms with Crippen molar-refractivity contribution in [3.8, 4) is 17.2 Å². The van der Waals surface area contributed by atoms with E-state index in [1.54, 1.807) is 11.8 Å². The second-order valence-electron chi connectivity index (χ2n) is 6.67. The van der Waals surface area contributed by atoms with Crippen LogP contribution in [0.25, 0.3) is 0 Å². The van der Waals surface area contributed by atoms with E-state index < -0.39 is 0 Å². The first-order valence-corrected chi connectivity index (χ1v) is 9.34. The number of aryl methyl sites for hydroxylation is 1. The summed E-state index contributed by atoms with van der Waals surface area (Å²) in [6.07, 6.45) is 1.71. The highest BCUT2D eigenvalue weighted by Gasteiger charge is 2.28. The van der Waals surface area contributed by atoms with Gasteiger partial charge in [-0.05, 0) is 36.2 Å². The molecule has 8 nitrogen and oxygen atoms in total. The van der Waals surface area contributed by atoms with Crippen LogP contribution in [-0.4, -0.2) is 41.0 Å². The lowest BCUT2D eigenvalue weighted by atomic mass is 10.0. The average molecular weight is 394 g/mol. The molecule has 0 radical (unpaired) electrons. The van der Waals surface area contributed by atoms with Crippen molar-refractivity contribution >= 4 is 11.9 Å². The lowest BCUT2D eigenvalue weighted by molar-refractivity contribution is -0.117. The number of rotatable bonds is 7. The van der Waals surface area contributed by atoms with Crippen LogP contribution in [0, 0.1) is 6.92 Å². The summed E-state index contributed by atoms with van der Waals surface area (Å²) in [4.78, 5) is 16.1. The summed E-state index contributed by atoms with van der Waals surface area (Å²) in [5.41, 5.74) is 1.98. The Hall–Kier alpha value is -3.55. The first kappa shape index (κ1) is 18.8. The van der Waals surface area contributed by atoms with Gasteiger partial charge in [-0.25, -0.2) is 4.68 Å². The molecule has 1 aliphatic rings. The number of carbonyl (C=O) groups excluding carboxylic acids is 1. The minimum Gasteiger partial charge on any atom is -0.493 e. The number of aromatic nitrogens is 3. The molecule has 0 saturated heterocycles. The Morgan fingerprint density at radius 1 is 1.10 bits per heavy atom. The largest absolute Gasteiger partial charge is 0.493 e. The van der Waals surface area contributed by atoms with Crippen molar-refractivity contribution in [1.82, 2.24) is 14.8 Å². The van der Waals surface area contributed by atoms with Crippen LogP contribution < -0.4 is 19.5 Å². The zero-order valence-corrected chi connectivity index (χ0v) is 16.3. The highest BCUT2D eigenvalue weighted by Crippen LogP contribution is 2.34. The van der Waals surface area contributed by atoms with Crippen molar-refractivity contribution in [1.29, 1.82) is 0 Å². The highest BCUT2D eigenvalue weighted by molar-refractivity contribution is 5.91.